The van der Waals surface area contributed by atoms with Gasteiger partial charge in [0.15, 0.2) is 17.5 Å². The number of anilines is 1. The molecule has 1 fully saturated rings. The summed E-state index contributed by atoms with van der Waals surface area (Å²) in [6.07, 6.45) is 0.941. The van der Waals surface area contributed by atoms with E-state index in [0.717, 1.165) is 10.8 Å². The van der Waals surface area contributed by atoms with Crippen LogP contribution in [0, 0.1) is 17.5 Å². The Morgan fingerprint density at radius 3 is 2.40 bits per heavy atom. The minimum atomic E-state index is -1.59. The van der Waals surface area contributed by atoms with Crippen LogP contribution in [0.5, 0.6) is 0 Å². The number of nitrogens with zero attached hydrogens (tertiary/aromatic N) is 2. The van der Waals surface area contributed by atoms with Gasteiger partial charge in [-0.05, 0) is 6.92 Å². The molecule has 1 aliphatic heterocycles. The number of aryl methyl sites for hydroxylation is 1. The number of carboxylic acid groups (broad SMARTS) is 1. The summed E-state index contributed by atoms with van der Waals surface area (Å²) in [4.78, 5) is 24.7. The summed E-state index contributed by atoms with van der Waals surface area (Å²) < 4.78 is 50.4. The number of pyridine rings is 1. The van der Waals surface area contributed by atoms with E-state index in [9.17, 15) is 18.4 Å². The van der Waals surface area contributed by atoms with E-state index < -0.39 is 51.0 Å². The second-order valence-corrected chi connectivity index (χ2v) is 5.58. The number of aromatic nitrogens is 1. The van der Waals surface area contributed by atoms with E-state index in [1.165, 1.54) is 4.90 Å². The van der Waals surface area contributed by atoms with Crippen LogP contribution in [0.25, 0.3) is 10.9 Å². The van der Waals surface area contributed by atoms with E-state index in [1.54, 1.807) is 6.92 Å². The van der Waals surface area contributed by atoms with E-state index in [4.69, 9.17) is 9.84 Å². The second kappa shape index (κ2) is 6.40. The fraction of sp³-hybridized carbons (Fsp3) is 0.375. The van der Waals surface area contributed by atoms with Crippen LogP contribution in [-0.4, -0.2) is 41.9 Å². The number of carbonyl (C=O) groups is 1. The molecule has 2 heterocycles. The van der Waals surface area contributed by atoms with Gasteiger partial charge in [0.25, 0.3) is 0 Å². The molecule has 2 aromatic rings. The third-order valence-corrected chi connectivity index (χ3v) is 4.21. The van der Waals surface area contributed by atoms with Gasteiger partial charge in [0.1, 0.15) is 11.3 Å². The maximum Gasteiger partial charge on any atom is 0.341 e. The Balaban J connectivity index is 2.42. The van der Waals surface area contributed by atoms with E-state index in [2.05, 4.69) is 0 Å². The fourth-order valence-corrected chi connectivity index (χ4v) is 2.99. The van der Waals surface area contributed by atoms with Crippen molar-refractivity contribution in [3.05, 3.63) is 39.4 Å². The number of hydrogen-bond acceptors (Lipinski definition) is 4. The largest absolute Gasteiger partial charge is 0.477 e. The minimum Gasteiger partial charge on any atom is -0.477 e. The van der Waals surface area contributed by atoms with Crippen molar-refractivity contribution in [3.63, 3.8) is 0 Å². The zero-order valence-electron chi connectivity index (χ0n) is 13.3. The molecule has 1 N–H and O–H groups in total. The summed E-state index contributed by atoms with van der Waals surface area (Å²) in [6, 6.07) is 0. The average Bonchev–Trinajstić information content (AvgIpc) is 2.60. The summed E-state index contributed by atoms with van der Waals surface area (Å²) in [5, 5.41) is 8.19. The Hall–Kier alpha value is -2.55. The maximum absolute atomic E-state index is 15.1. The number of fused-ring (bicyclic) bond motifs is 1. The zero-order valence-corrected chi connectivity index (χ0v) is 13.3. The summed E-state index contributed by atoms with van der Waals surface area (Å²) in [7, 11) is 0. The van der Waals surface area contributed by atoms with Gasteiger partial charge in [0.05, 0.1) is 24.1 Å². The first-order chi connectivity index (χ1) is 11.9. The van der Waals surface area contributed by atoms with Crippen LogP contribution in [0.2, 0.25) is 0 Å². The van der Waals surface area contributed by atoms with Gasteiger partial charge in [-0.2, -0.15) is 0 Å². The number of benzene rings is 1. The summed E-state index contributed by atoms with van der Waals surface area (Å²) >= 11 is 0. The minimum absolute atomic E-state index is 0.0710. The molecule has 3 rings (SSSR count). The Labute approximate surface area is 140 Å². The number of carboxylic acids is 1. The number of morpholine rings is 1. The van der Waals surface area contributed by atoms with Crippen molar-refractivity contribution in [1.29, 1.82) is 0 Å². The van der Waals surface area contributed by atoms with Crippen LogP contribution in [0.3, 0.4) is 0 Å². The molecule has 25 heavy (non-hydrogen) atoms. The van der Waals surface area contributed by atoms with E-state index in [-0.39, 0.29) is 32.8 Å². The molecule has 1 aromatic carbocycles. The molecule has 0 saturated carbocycles. The fourth-order valence-electron chi connectivity index (χ4n) is 2.99. The average molecular weight is 356 g/mol. The van der Waals surface area contributed by atoms with E-state index >= 15 is 4.39 Å². The highest BCUT2D eigenvalue weighted by atomic mass is 19.2. The van der Waals surface area contributed by atoms with Crippen LogP contribution in [0.1, 0.15) is 17.3 Å². The SMILES string of the molecule is CCn1cc(C(=O)O)c(=O)c2c(F)c(F)c(N3CCOCC3)c(F)c21. The number of ether oxygens (including phenoxy) is 1. The first kappa shape index (κ1) is 17.3. The molecular formula is C16H15F3N2O4. The number of halogens is 3. The van der Waals surface area contributed by atoms with Crippen LogP contribution < -0.4 is 10.3 Å². The summed E-state index contributed by atoms with van der Waals surface area (Å²) in [5.74, 6) is -5.74. The van der Waals surface area contributed by atoms with Crippen LogP contribution in [0.4, 0.5) is 18.9 Å². The number of rotatable bonds is 3. The quantitative estimate of drug-likeness (QED) is 0.852. The standard InChI is InChI=1S/C16H15F3N2O4/c1-2-20-7-8(16(23)24)15(22)9-10(17)11(18)14(12(19)13(9)20)21-3-5-25-6-4-21/h7H,2-6H2,1H3,(H,23,24). The normalized spacial score (nSPS) is 15.0. The Morgan fingerprint density at radius 2 is 1.84 bits per heavy atom. The first-order valence-corrected chi connectivity index (χ1v) is 7.68. The highest BCUT2D eigenvalue weighted by Gasteiger charge is 2.29. The lowest BCUT2D eigenvalue weighted by atomic mass is 10.1. The molecule has 0 atom stereocenters. The molecule has 6 nitrogen and oxygen atoms in total. The summed E-state index contributed by atoms with van der Waals surface area (Å²) in [6.45, 7) is 2.45. The third-order valence-electron chi connectivity index (χ3n) is 4.21. The van der Waals surface area contributed by atoms with E-state index in [0.29, 0.717) is 0 Å². The van der Waals surface area contributed by atoms with Gasteiger partial charge < -0.3 is 19.3 Å². The van der Waals surface area contributed by atoms with Gasteiger partial charge in [-0.3, -0.25) is 4.79 Å². The van der Waals surface area contributed by atoms with Gasteiger partial charge in [0.2, 0.25) is 5.43 Å². The number of aromatic carboxylic acids is 1. The third kappa shape index (κ3) is 2.64. The molecule has 134 valence electrons. The van der Waals surface area contributed by atoms with Crippen molar-refractivity contribution in [1.82, 2.24) is 4.57 Å². The van der Waals surface area contributed by atoms with E-state index in [1.807, 2.05) is 0 Å². The molecule has 1 aliphatic rings. The van der Waals surface area contributed by atoms with Crippen molar-refractivity contribution in [2.24, 2.45) is 0 Å². The lowest BCUT2D eigenvalue weighted by Crippen LogP contribution is -2.38. The Bertz CT molecular complexity index is 920. The molecule has 1 saturated heterocycles. The van der Waals surface area contributed by atoms with Crippen LogP contribution in [0.15, 0.2) is 11.0 Å². The van der Waals surface area contributed by atoms with Gasteiger partial charge in [0, 0.05) is 25.8 Å². The Morgan fingerprint density at radius 1 is 1.20 bits per heavy atom. The Kier molecular flexibility index (Phi) is 4.42. The molecule has 0 bridgehead atoms. The smallest absolute Gasteiger partial charge is 0.341 e. The van der Waals surface area contributed by atoms with Gasteiger partial charge in [-0.15, -0.1) is 0 Å². The van der Waals surface area contributed by atoms with Crippen molar-refractivity contribution in [2.75, 3.05) is 31.2 Å². The first-order valence-electron chi connectivity index (χ1n) is 7.68. The maximum atomic E-state index is 15.1. The highest BCUT2D eigenvalue weighted by molar-refractivity contribution is 5.94. The van der Waals surface area contributed by atoms with Crippen molar-refractivity contribution >= 4 is 22.6 Å². The molecule has 1 aromatic heterocycles. The number of hydrogen-bond donors (Lipinski definition) is 1. The molecule has 0 spiro atoms. The predicted molar refractivity (Wildman–Crippen MR) is 83.7 cm³/mol. The highest BCUT2D eigenvalue weighted by Crippen LogP contribution is 2.33. The predicted octanol–water partition coefficient (Wildman–Crippen LogP) is 1.97. The lowest BCUT2D eigenvalue weighted by Gasteiger charge is -2.30. The molecular weight excluding hydrogens is 341 g/mol. The monoisotopic (exact) mass is 356 g/mol. The molecule has 0 radical (unpaired) electrons. The van der Waals surface area contributed by atoms with Crippen molar-refractivity contribution in [2.45, 2.75) is 13.5 Å². The van der Waals surface area contributed by atoms with Crippen molar-refractivity contribution < 1.29 is 27.8 Å². The van der Waals surface area contributed by atoms with Gasteiger partial charge in [-0.1, -0.05) is 0 Å². The van der Waals surface area contributed by atoms with Gasteiger partial charge in [-0.25, -0.2) is 18.0 Å². The lowest BCUT2D eigenvalue weighted by molar-refractivity contribution is 0.0694. The second-order valence-electron chi connectivity index (χ2n) is 5.58. The molecule has 0 amide bonds. The zero-order chi connectivity index (χ0) is 18.3. The van der Waals surface area contributed by atoms with Gasteiger partial charge >= 0.3 is 5.97 Å². The molecule has 0 unspecified atom stereocenters. The molecule has 9 heteroatoms. The van der Waals surface area contributed by atoms with Crippen LogP contribution in [-0.2, 0) is 11.3 Å². The van der Waals surface area contributed by atoms with Crippen molar-refractivity contribution in [3.8, 4) is 0 Å². The molecule has 0 aliphatic carbocycles. The van der Waals surface area contributed by atoms with Crippen LogP contribution >= 0.6 is 0 Å². The topological polar surface area (TPSA) is 71.8 Å². The summed E-state index contributed by atoms with van der Waals surface area (Å²) in [5.41, 5.74) is -3.02.